The van der Waals surface area contributed by atoms with Gasteiger partial charge in [0.1, 0.15) is 18.2 Å². The second kappa shape index (κ2) is 9.85. The monoisotopic (exact) mass is 414 g/mol. The number of benzene rings is 3. The van der Waals surface area contributed by atoms with Crippen molar-refractivity contribution in [2.24, 2.45) is 0 Å². The van der Waals surface area contributed by atoms with Crippen LogP contribution >= 0.6 is 0 Å². The van der Waals surface area contributed by atoms with Gasteiger partial charge in [-0.3, -0.25) is 14.9 Å². The Labute approximate surface area is 178 Å². The number of nitrogens with zero attached hydrogens (tertiary/aromatic N) is 2. The summed E-state index contributed by atoms with van der Waals surface area (Å²) in [6.45, 7) is 0.194. The third-order valence-electron chi connectivity index (χ3n) is 4.44. The topological polar surface area (TPSA) is 102 Å². The van der Waals surface area contributed by atoms with Crippen LogP contribution in [0.2, 0.25) is 0 Å². The number of ether oxygens (including phenoxy) is 2. The lowest BCUT2D eigenvalue weighted by Gasteiger charge is -2.11. The summed E-state index contributed by atoms with van der Waals surface area (Å²) < 4.78 is 11.1. The fraction of sp³-hybridized carbons (Fsp3) is 0.0833. The van der Waals surface area contributed by atoms with Crippen LogP contribution in [0.3, 0.4) is 0 Å². The predicted molar refractivity (Wildman–Crippen MR) is 115 cm³/mol. The largest absolute Gasteiger partial charge is 0.493 e. The third kappa shape index (κ3) is 5.34. The summed E-state index contributed by atoms with van der Waals surface area (Å²) in [5.41, 5.74) is 1.83. The lowest BCUT2D eigenvalue weighted by Crippen LogP contribution is -2.01. The fourth-order valence-electron chi connectivity index (χ4n) is 2.83. The van der Waals surface area contributed by atoms with Crippen molar-refractivity contribution in [3.05, 3.63) is 105 Å². The van der Waals surface area contributed by atoms with Crippen LogP contribution in [-0.2, 0) is 6.61 Å². The number of rotatable bonds is 8. The second-order valence-corrected chi connectivity index (χ2v) is 6.49. The SMILES string of the molecule is COc1cc(/C=C(\C#N)C(=O)c2ccccc2)ccc1OCc1ccc([N+](=O)[O-])cc1. The van der Waals surface area contributed by atoms with E-state index in [0.29, 0.717) is 22.6 Å². The van der Waals surface area contributed by atoms with E-state index in [1.807, 2.05) is 6.07 Å². The van der Waals surface area contributed by atoms with Crippen molar-refractivity contribution >= 4 is 17.5 Å². The first kappa shape index (κ1) is 21.3. The highest BCUT2D eigenvalue weighted by Gasteiger charge is 2.13. The molecule has 31 heavy (non-hydrogen) atoms. The zero-order valence-electron chi connectivity index (χ0n) is 16.6. The minimum atomic E-state index is -0.460. The number of carbonyl (C=O) groups is 1. The van der Waals surface area contributed by atoms with E-state index in [9.17, 15) is 20.2 Å². The molecule has 0 saturated heterocycles. The van der Waals surface area contributed by atoms with Crippen molar-refractivity contribution in [3.8, 4) is 17.6 Å². The summed E-state index contributed by atoms with van der Waals surface area (Å²) in [5.74, 6) is 0.534. The Morgan fingerprint density at radius 3 is 2.39 bits per heavy atom. The highest BCUT2D eigenvalue weighted by atomic mass is 16.6. The quantitative estimate of drug-likeness (QED) is 0.169. The van der Waals surface area contributed by atoms with E-state index in [-0.39, 0.29) is 23.7 Å². The molecule has 154 valence electrons. The molecule has 0 amide bonds. The van der Waals surface area contributed by atoms with Gasteiger partial charge in [-0.05, 0) is 41.5 Å². The zero-order chi connectivity index (χ0) is 22.2. The maximum absolute atomic E-state index is 12.5. The van der Waals surface area contributed by atoms with Crippen LogP contribution in [0.4, 0.5) is 5.69 Å². The molecule has 0 bridgehead atoms. The van der Waals surface area contributed by atoms with E-state index in [1.165, 1.54) is 25.3 Å². The van der Waals surface area contributed by atoms with Crippen LogP contribution in [0.1, 0.15) is 21.5 Å². The lowest BCUT2D eigenvalue weighted by molar-refractivity contribution is -0.384. The molecule has 3 rings (SSSR count). The zero-order valence-corrected chi connectivity index (χ0v) is 16.6. The van der Waals surface area contributed by atoms with Gasteiger partial charge in [0, 0.05) is 17.7 Å². The van der Waals surface area contributed by atoms with Crippen LogP contribution in [0.5, 0.6) is 11.5 Å². The predicted octanol–water partition coefficient (Wildman–Crippen LogP) is 4.97. The van der Waals surface area contributed by atoms with E-state index in [0.717, 1.165) is 5.56 Å². The molecule has 3 aromatic carbocycles. The number of carbonyl (C=O) groups excluding carboxylic acids is 1. The molecular formula is C24H18N2O5. The van der Waals surface area contributed by atoms with Gasteiger partial charge in [-0.25, -0.2) is 0 Å². The standard InChI is InChI=1S/C24H18N2O5/c1-30-23-14-18(13-20(15-25)24(27)19-5-3-2-4-6-19)9-12-22(23)31-16-17-7-10-21(11-8-17)26(28)29/h2-14H,16H2,1H3/b20-13+. The molecule has 0 aliphatic rings. The van der Waals surface area contributed by atoms with Crippen LogP contribution < -0.4 is 9.47 Å². The number of hydrogen-bond donors (Lipinski definition) is 0. The molecule has 0 radical (unpaired) electrons. The van der Waals surface area contributed by atoms with Crippen LogP contribution in [-0.4, -0.2) is 17.8 Å². The minimum absolute atomic E-state index is 0.00722. The number of non-ortho nitro benzene ring substituents is 1. The molecule has 0 saturated carbocycles. The van der Waals surface area contributed by atoms with E-state index in [1.54, 1.807) is 60.7 Å². The Hall–Kier alpha value is -4.44. The Morgan fingerprint density at radius 1 is 1.06 bits per heavy atom. The molecule has 0 aliphatic carbocycles. The van der Waals surface area contributed by atoms with E-state index in [2.05, 4.69) is 0 Å². The number of ketones is 1. The van der Waals surface area contributed by atoms with Gasteiger partial charge in [-0.1, -0.05) is 36.4 Å². The molecule has 0 aliphatic heterocycles. The van der Waals surface area contributed by atoms with Crippen LogP contribution in [0, 0.1) is 21.4 Å². The van der Waals surface area contributed by atoms with Crippen molar-refractivity contribution in [1.82, 2.24) is 0 Å². The summed E-state index contributed by atoms with van der Waals surface area (Å²) in [5, 5.41) is 20.2. The van der Waals surface area contributed by atoms with Crippen molar-refractivity contribution < 1.29 is 19.2 Å². The molecule has 0 unspecified atom stereocenters. The number of allylic oxidation sites excluding steroid dienone is 1. The van der Waals surface area contributed by atoms with E-state index >= 15 is 0 Å². The van der Waals surface area contributed by atoms with Gasteiger partial charge >= 0.3 is 0 Å². The second-order valence-electron chi connectivity index (χ2n) is 6.49. The summed E-state index contributed by atoms with van der Waals surface area (Å²) in [7, 11) is 1.49. The Bertz CT molecular complexity index is 1160. The average Bonchev–Trinajstić information content (AvgIpc) is 2.81. The van der Waals surface area contributed by atoms with Crippen molar-refractivity contribution in [1.29, 1.82) is 5.26 Å². The molecule has 0 aromatic heterocycles. The molecular weight excluding hydrogens is 396 g/mol. The Balaban J connectivity index is 1.77. The fourth-order valence-corrected chi connectivity index (χ4v) is 2.83. The molecule has 0 heterocycles. The van der Waals surface area contributed by atoms with Gasteiger partial charge in [0.2, 0.25) is 5.78 Å². The van der Waals surface area contributed by atoms with Gasteiger partial charge in [-0.2, -0.15) is 5.26 Å². The van der Waals surface area contributed by atoms with Crippen molar-refractivity contribution in [3.63, 3.8) is 0 Å². The van der Waals surface area contributed by atoms with E-state index in [4.69, 9.17) is 9.47 Å². The number of nitro groups is 1. The average molecular weight is 414 g/mol. The Kier molecular flexibility index (Phi) is 6.76. The third-order valence-corrected chi connectivity index (χ3v) is 4.44. The lowest BCUT2D eigenvalue weighted by atomic mass is 10.0. The first-order chi connectivity index (χ1) is 15.0. The highest BCUT2D eigenvalue weighted by molar-refractivity contribution is 6.14. The maximum atomic E-state index is 12.5. The molecule has 3 aromatic rings. The normalized spacial score (nSPS) is 10.8. The number of Topliss-reactive ketones (excluding diaryl/α,β-unsaturated/α-hetero) is 1. The van der Waals surface area contributed by atoms with Gasteiger partial charge in [0.25, 0.3) is 5.69 Å². The van der Waals surface area contributed by atoms with Gasteiger partial charge in [0.15, 0.2) is 11.5 Å². The number of hydrogen-bond acceptors (Lipinski definition) is 6. The smallest absolute Gasteiger partial charge is 0.269 e. The molecule has 0 fully saturated rings. The first-order valence-corrected chi connectivity index (χ1v) is 9.27. The van der Waals surface area contributed by atoms with Gasteiger partial charge < -0.3 is 9.47 Å². The van der Waals surface area contributed by atoms with Crippen molar-refractivity contribution in [2.45, 2.75) is 6.61 Å². The molecule has 0 atom stereocenters. The molecule has 7 heteroatoms. The summed E-state index contributed by atoms with van der Waals surface area (Å²) in [4.78, 5) is 22.8. The molecule has 0 N–H and O–H groups in total. The summed E-state index contributed by atoms with van der Waals surface area (Å²) in [6, 6.07) is 21.7. The van der Waals surface area contributed by atoms with Crippen molar-refractivity contribution in [2.75, 3.05) is 7.11 Å². The summed E-state index contributed by atoms with van der Waals surface area (Å²) >= 11 is 0. The number of methoxy groups -OCH3 is 1. The Morgan fingerprint density at radius 2 is 1.77 bits per heavy atom. The molecule has 0 spiro atoms. The first-order valence-electron chi connectivity index (χ1n) is 9.27. The van der Waals surface area contributed by atoms with Crippen LogP contribution in [0.15, 0.2) is 78.4 Å². The maximum Gasteiger partial charge on any atom is 0.269 e. The summed E-state index contributed by atoms with van der Waals surface area (Å²) in [6.07, 6.45) is 1.50. The minimum Gasteiger partial charge on any atom is -0.493 e. The number of nitriles is 1. The van der Waals surface area contributed by atoms with Crippen LogP contribution in [0.25, 0.3) is 6.08 Å². The van der Waals surface area contributed by atoms with Gasteiger partial charge in [0.05, 0.1) is 12.0 Å². The highest BCUT2D eigenvalue weighted by Crippen LogP contribution is 2.30. The molecule has 7 nitrogen and oxygen atoms in total. The van der Waals surface area contributed by atoms with E-state index < -0.39 is 4.92 Å². The van der Waals surface area contributed by atoms with Gasteiger partial charge in [-0.15, -0.1) is 0 Å². The number of nitro benzene ring substituents is 1.